The molecule has 1 amide bonds. The van der Waals surface area contributed by atoms with Crippen molar-refractivity contribution in [2.45, 2.75) is 6.18 Å². The van der Waals surface area contributed by atoms with Gasteiger partial charge in [0, 0.05) is 12.7 Å². The van der Waals surface area contributed by atoms with Gasteiger partial charge in [0.1, 0.15) is 5.75 Å². The molecule has 0 aliphatic carbocycles. The molecule has 0 saturated carbocycles. The number of anilines is 1. The number of carbonyl (C=O) groups excluding carboxylic acids is 1. The fourth-order valence-corrected chi connectivity index (χ4v) is 1.70. The molecule has 8 heteroatoms. The number of halogens is 4. The maximum absolute atomic E-state index is 12.2. The van der Waals surface area contributed by atoms with Crippen LogP contribution in [0.4, 0.5) is 18.9 Å². The van der Waals surface area contributed by atoms with Gasteiger partial charge >= 0.3 is 41.6 Å². The molecule has 1 aromatic rings. The van der Waals surface area contributed by atoms with E-state index in [4.69, 9.17) is 4.74 Å². The van der Waals surface area contributed by atoms with Gasteiger partial charge in [-0.05, 0) is 34.1 Å². The summed E-state index contributed by atoms with van der Waals surface area (Å²) in [5.74, 6) is -1.45. The van der Waals surface area contributed by atoms with Crippen LogP contribution < -0.4 is 39.2 Å². The van der Waals surface area contributed by atoms with E-state index in [9.17, 15) is 18.0 Å². The molecular formula is C10H10BrF3NNaO2. The molecule has 0 heterocycles. The van der Waals surface area contributed by atoms with Crippen molar-refractivity contribution >= 4 is 27.5 Å². The zero-order valence-corrected chi connectivity index (χ0v) is 13.6. The zero-order chi connectivity index (χ0) is 13.2. The largest absolute Gasteiger partial charge is 1.00 e. The van der Waals surface area contributed by atoms with Crippen LogP contribution in [0.2, 0.25) is 0 Å². The Labute approximate surface area is 134 Å². The van der Waals surface area contributed by atoms with Gasteiger partial charge in [-0.25, -0.2) is 0 Å². The number of alkyl halides is 3. The Morgan fingerprint density at radius 2 is 2.00 bits per heavy atom. The van der Waals surface area contributed by atoms with Gasteiger partial charge in [0.25, 0.3) is 0 Å². The quantitative estimate of drug-likeness (QED) is 0.717. The minimum atomic E-state index is -4.89. The summed E-state index contributed by atoms with van der Waals surface area (Å²) in [6.45, 7) is 0. The van der Waals surface area contributed by atoms with Crippen LogP contribution in [0.1, 0.15) is 1.43 Å². The first kappa shape index (κ1) is 17.8. The van der Waals surface area contributed by atoms with Crippen molar-refractivity contribution < 1.29 is 53.7 Å². The Kier molecular flexibility index (Phi) is 6.70. The van der Waals surface area contributed by atoms with E-state index in [0.717, 1.165) is 7.05 Å². The summed E-state index contributed by atoms with van der Waals surface area (Å²) in [6.07, 6.45) is -4.89. The Bertz CT molecular complexity index is 445. The fourth-order valence-electron chi connectivity index (χ4n) is 1.17. The second-order valence-corrected chi connectivity index (χ2v) is 4.04. The third kappa shape index (κ3) is 4.15. The van der Waals surface area contributed by atoms with Crippen LogP contribution in [0.25, 0.3) is 0 Å². The third-order valence-electron chi connectivity index (χ3n) is 2.07. The summed E-state index contributed by atoms with van der Waals surface area (Å²) in [5, 5.41) is 0. The molecule has 0 aliphatic rings. The number of hydrogen-bond donors (Lipinski definition) is 0. The molecule has 0 N–H and O–H groups in total. The summed E-state index contributed by atoms with van der Waals surface area (Å²) in [4.78, 5) is 11.5. The molecule has 0 atom stereocenters. The van der Waals surface area contributed by atoms with E-state index in [1.54, 1.807) is 0 Å². The Morgan fingerprint density at radius 1 is 1.44 bits per heavy atom. The average molecular weight is 336 g/mol. The summed E-state index contributed by atoms with van der Waals surface area (Å²) >= 11 is 3.13. The molecule has 0 saturated heterocycles. The van der Waals surface area contributed by atoms with Crippen molar-refractivity contribution in [1.82, 2.24) is 0 Å². The third-order valence-corrected chi connectivity index (χ3v) is 2.69. The molecule has 0 spiro atoms. The number of benzene rings is 1. The number of hydrogen-bond acceptors (Lipinski definition) is 2. The molecule has 18 heavy (non-hydrogen) atoms. The van der Waals surface area contributed by atoms with E-state index < -0.39 is 12.1 Å². The van der Waals surface area contributed by atoms with Crippen LogP contribution in [-0.4, -0.2) is 26.2 Å². The molecule has 96 valence electrons. The predicted molar refractivity (Wildman–Crippen MR) is 61.3 cm³/mol. The molecule has 0 fully saturated rings. The molecular weight excluding hydrogens is 326 g/mol. The van der Waals surface area contributed by atoms with E-state index in [1.165, 1.54) is 25.3 Å². The van der Waals surface area contributed by atoms with E-state index in [-0.39, 0.29) is 36.7 Å². The van der Waals surface area contributed by atoms with Crippen LogP contribution in [0.5, 0.6) is 5.75 Å². The van der Waals surface area contributed by atoms with Crippen molar-refractivity contribution in [2.24, 2.45) is 0 Å². The minimum absolute atomic E-state index is 0. The standard InChI is InChI=1S/C10H9BrF3NO2.Na.H/c1-15(9(16)10(12,13)14)6-3-4-8(17-2)7(11)5-6;;/h3-5H,1-2H3;;/q;+1;-1. The number of methoxy groups -OCH3 is 1. The monoisotopic (exact) mass is 335 g/mol. The van der Waals surface area contributed by atoms with E-state index in [0.29, 0.717) is 15.1 Å². The van der Waals surface area contributed by atoms with Crippen molar-refractivity contribution in [2.75, 3.05) is 19.1 Å². The number of carbonyl (C=O) groups is 1. The van der Waals surface area contributed by atoms with Gasteiger partial charge in [-0.15, -0.1) is 0 Å². The first-order chi connectivity index (χ1) is 7.77. The fraction of sp³-hybridized carbons (Fsp3) is 0.300. The van der Waals surface area contributed by atoms with Crippen molar-refractivity contribution in [3.63, 3.8) is 0 Å². The van der Waals surface area contributed by atoms with Gasteiger partial charge in [-0.2, -0.15) is 13.2 Å². The van der Waals surface area contributed by atoms with Crippen LogP contribution in [0.3, 0.4) is 0 Å². The Hall–Kier alpha value is -0.240. The van der Waals surface area contributed by atoms with Gasteiger partial charge < -0.3 is 11.1 Å². The van der Waals surface area contributed by atoms with E-state index >= 15 is 0 Å². The first-order valence-electron chi connectivity index (χ1n) is 4.45. The molecule has 0 aliphatic heterocycles. The number of amides is 1. The van der Waals surface area contributed by atoms with Crippen molar-refractivity contribution in [3.05, 3.63) is 22.7 Å². The number of rotatable bonds is 2. The molecule has 1 rings (SSSR count). The predicted octanol–water partition coefficient (Wildman–Crippen LogP) is 0.0993. The van der Waals surface area contributed by atoms with Crippen molar-refractivity contribution in [1.29, 1.82) is 0 Å². The number of ether oxygens (including phenoxy) is 1. The molecule has 1 aromatic carbocycles. The van der Waals surface area contributed by atoms with Gasteiger partial charge in [-0.3, -0.25) is 4.79 Å². The molecule has 3 nitrogen and oxygen atoms in total. The van der Waals surface area contributed by atoms with Gasteiger partial charge in [0.15, 0.2) is 0 Å². The van der Waals surface area contributed by atoms with Crippen LogP contribution >= 0.6 is 15.9 Å². The summed E-state index contributed by atoms with van der Waals surface area (Å²) in [5.41, 5.74) is 0.125. The Balaban J connectivity index is 0. The second kappa shape index (κ2) is 6.79. The zero-order valence-electron chi connectivity index (χ0n) is 11.0. The first-order valence-corrected chi connectivity index (χ1v) is 5.25. The molecule has 0 radical (unpaired) electrons. The maximum Gasteiger partial charge on any atom is 1.00 e. The summed E-state index contributed by atoms with van der Waals surface area (Å²) < 4.78 is 42.0. The molecule has 0 aromatic heterocycles. The maximum atomic E-state index is 12.2. The van der Waals surface area contributed by atoms with Crippen LogP contribution in [0.15, 0.2) is 22.7 Å². The van der Waals surface area contributed by atoms with E-state index in [1.807, 2.05) is 0 Å². The van der Waals surface area contributed by atoms with Gasteiger partial charge in [0.2, 0.25) is 0 Å². The normalized spacial score (nSPS) is 10.6. The molecule has 0 unspecified atom stereocenters. The Morgan fingerprint density at radius 3 is 2.39 bits per heavy atom. The van der Waals surface area contributed by atoms with E-state index in [2.05, 4.69) is 15.9 Å². The summed E-state index contributed by atoms with van der Waals surface area (Å²) in [7, 11) is 2.49. The van der Waals surface area contributed by atoms with Crippen LogP contribution in [-0.2, 0) is 4.79 Å². The number of nitrogens with zero attached hydrogens (tertiary/aromatic N) is 1. The summed E-state index contributed by atoms with van der Waals surface area (Å²) in [6, 6.07) is 4.22. The second-order valence-electron chi connectivity index (χ2n) is 3.18. The molecule has 0 bridgehead atoms. The van der Waals surface area contributed by atoms with Gasteiger partial charge in [0.05, 0.1) is 11.6 Å². The SMILES string of the molecule is COc1ccc(N(C)C(=O)C(F)(F)F)cc1Br.[H-].[Na+]. The minimum Gasteiger partial charge on any atom is -1.00 e. The smallest absolute Gasteiger partial charge is 1.00 e. The topological polar surface area (TPSA) is 29.5 Å². The van der Waals surface area contributed by atoms with Crippen LogP contribution in [0, 0.1) is 0 Å². The average Bonchev–Trinajstić information content (AvgIpc) is 2.25. The van der Waals surface area contributed by atoms with Crippen molar-refractivity contribution in [3.8, 4) is 5.75 Å². The van der Waals surface area contributed by atoms with Gasteiger partial charge in [-0.1, -0.05) is 0 Å².